The standard InChI is InChI=1S/C12H10BrCl2NS/c1-16-11(12-8(13)5-6-17-12)7-3-2-4-9(14)10(7)15/h2-6,11,16H,1H3. The summed E-state index contributed by atoms with van der Waals surface area (Å²) in [5.74, 6) is 0. The fourth-order valence-corrected chi connectivity index (χ4v) is 3.83. The van der Waals surface area contributed by atoms with Crippen molar-refractivity contribution in [1.29, 1.82) is 0 Å². The van der Waals surface area contributed by atoms with Gasteiger partial charge in [0, 0.05) is 9.35 Å². The molecule has 1 unspecified atom stereocenters. The third kappa shape index (κ3) is 2.69. The molecule has 0 aliphatic heterocycles. The summed E-state index contributed by atoms with van der Waals surface area (Å²) in [6.07, 6.45) is 0. The molecule has 5 heteroatoms. The molecule has 0 saturated carbocycles. The van der Waals surface area contributed by atoms with E-state index in [0.717, 1.165) is 10.0 Å². The van der Waals surface area contributed by atoms with Crippen LogP contribution >= 0.6 is 50.5 Å². The molecule has 0 amide bonds. The molecule has 1 N–H and O–H groups in total. The van der Waals surface area contributed by atoms with Crippen molar-refractivity contribution in [3.8, 4) is 0 Å². The first-order valence-corrected chi connectivity index (χ1v) is 7.42. The van der Waals surface area contributed by atoms with Crippen molar-refractivity contribution in [2.45, 2.75) is 6.04 Å². The van der Waals surface area contributed by atoms with E-state index in [9.17, 15) is 0 Å². The number of benzene rings is 1. The monoisotopic (exact) mass is 349 g/mol. The first-order chi connectivity index (χ1) is 8.15. The maximum absolute atomic E-state index is 6.25. The number of thiophene rings is 1. The molecule has 17 heavy (non-hydrogen) atoms. The summed E-state index contributed by atoms with van der Waals surface area (Å²) < 4.78 is 1.08. The van der Waals surface area contributed by atoms with E-state index in [2.05, 4.69) is 21.2 Å². The molecule has 2 aromatic rings. The van der Waals surface area contributed by atoms with E-state index in [1.165, 1.54) is 4.88 Å². The second-order valence-electron chi connectivity index (χ2n) is 3.50. The average Bonchev–Trinajstić information content (AvgIpc) is 2.72. The Morgan fingerprint density at radius 3 is 2.65 bits per heavy atom. The van der Waals surface area contributed by atoms with E-state index < -0.39 is 0 Å². The van der Waals surface area contributed by atoms with Gasteiger partial charge >= 0.3 is 0 Å². The Hall–Kier alpha value is -0.0600. The molecule has 0 aliphatic rings. The van der Waals surface area contributed by atoms with Crippen LogP contribution < -0.4 is 5.32 Å². The van der Waals surface area contributed by atoms with Crippen molar-refractivity contribution in [3.05, 3.63) is 54.6 Å². The zero-order valence-corrected chi connectivity index (χ0v) is 12.9. The molecule has 1 nitrogen and oxygen atoms in total. The Balaban J connectivity index is 2.50. The van der Waals surface area contributed by atoms with Crippen LogP contribution in [-0.4, -0.2) is 7.05 Å². The van der Waals surface area contributed by atoms with Crippen LogP contribution in [-0.2, 0) is 0 Å². The van der Waals surface area contributed by atoms with Gasteiger partial charge in [-0.3, -0.25) is 0 Å². The minimum absolute atomic E-state index is 0.0515. The van der Waals surface area contributed by atoms with Crippen molar-refractivity contribution < 1.29 is 0 Å². The highest BCUT2D eigenvalue weighted by molar-refractivity contribution is 9.10. The van der Waals surface area contributed by atoms with Gasteiger partial charge in [0.25, 0.3) is 0 Å². The molecular weight excluding hydrogens is 341 g/mol. The van der Waals surface area contributed by atoms with Gasteiger partial charge in [-0.05, 0) is 46.1 Å². The maximum atomic E-state index is 6.25. The summed E-state index contributed by atoms with van der Waals surface area (Å²) in [6, 6.07) is 7.78. The van der Waals surface area contributed by atoms with Gasteiger partial charge in [0.2, 0.25) is 0 Å². The van der Waals surface area contributed by atoms with Crippen molar-refractivity contribution in [1.82, 2.24) is 5.32 Å². The lowest BCUT2D eigenvalue weighted by atomic mass is 10.1. The molecular formula is C12H10BrCl2NS. The van der Waals surface area contributed by atoms with E-state index in [1.807, 2.05) is 30.6 Å². The highest BCUT2D eigenvalue weighted by Crippen LogP contribution is 2.37. The molecule has 0 radical (unpaired) electrons. The molecule has 1 aromatic heterocycles. The summed E-state index contributed by atoms with van der Waals surface area (Å²) in [5, 5.41) is 6.50. The Bertz CT molecular complexity index is 527. The summed E-state index contributed by atoms with van der Waals surface area (Å²) in [5.41, 5.74) is 0.991. The fourth-order valence-electron chi connectivity index (χ4n) is 1.68. The normalized spacial score (nSPS) is 12.7. The zero-order valence-electron chi connectivity index (χ0n) is 9.01. The predicted octanol–water partition coefficient (Wildman–Crippen LogP) is 5.13. The average molecular weight is 351 g/mol. The van der Waals surface area contributed by atoms with E-state index in [0.29, 0.717) is 10.0 Å². The lowest BCUT2D eigenvalue weighted by Crippen LogP contribution is -2.17. The van der Waals surface area contributed by atoms with Gasteiger partial charge in [-0.1, -0.05) is 35.3 Å². The number of halogens is 3. The summed E-state index contributed by atoms with van der Waals surface area (Å²) >= 11 is 17.5. The van der Waals surface area contributed by atoms with Crippen molar-refractivity contribution in [2.75, 3.05) is 7.05 Å². The fraction of sp³-hybridized carbons (Fsp3) is 0.167. The van der Waals surface area contributed by atoms with Gasteiger partial charge in [0.1, 0.15) is 0 Å². The van der Waals surface area contributed by atoms with Crippen LogP contribution in [0.3, 0.4) is 0 Å². The molecule has 0 bridgehead atoms. The lowest BCUT2D eigenvalue weighted by Gasteiger charge is -2.18. The highest BCUT2D eigenvalue weighted by atomic mass is 79.9. The van der Waals surface area contributed by atoms with E-state index in [-0.39, 0.29) is 6.04 Å². The first-order valence-electron chi connectivity index (χ1n) is 4.99. The Labute approximate surface area is 123 Å². The van der Waals surface area contributed by atoms with Gasteiger partial charge in [0.05, 0.1) is 16.1 Å². The summed E-state index contributed by atoms with van der Waals surface area (Å²) in [7, 11) is 1.91. The van der Waals surface area contributed by atoms with Crippen LogP contribution in [0.15, 0.2) is 34.1 Å². The van der Waals surface area contributed by atoms with Crippen LogP contribution in [0.2, 0.25) is 10.0 Å². The Morgan fingerprint density at radius 1 is 1.29 bits per heavy atom. The quantitative estimate of drug-likeness (QED) is 0.809. The Morgan fingerprint density at radius 2 is 2.06 bits per heavy atom. The SMILES string of the molecule is CNC(c1cccc(Cl)c1Cl)c1sccc1Br. The van der Waals surface area contributed by atoms with Crippen LogP contribution in [0.25, 0.3) is 0 Å². The molecule has 1 atom stereocenters. The van der Waals surface area contributed by atoms with Crippen LogP contribution in [0.5, 0.6) is 0 Å². The Kier molecular flexibility index (Phi) is 4.50. The summed E-state index contributed by atoms with van der Waals surface area (Å²) in [6.45, 7) is 0. The van der Waals surface area contributed by atoms with Crippen molar-refractivity contribution in [3.63, 3.8) is 0 Å². The molecule has 1 aromatic carbocycles. The molecule has 2 rings (SSSR count). The maximum Gasteiger partial charge on any atom is 0.0695 e. The first kappa shape index (κ1) is 13.4. The second kappa shape index (κ2) is 5.72. The third-order valence-corrected chi connectivity index (χ3v) is 5.26. The van der Waals surface area contributed by atoms with E-state index in [4.69, 9.17) is 23.2 Å². The number of hydrogen-bond acceptors (Lipinski definition) is 2. The molecule has 0 spiro atoms. The number of rotatable bonds is 3. The van der Waals surface area contributed by atoms with Gasteiger partial charge in [-0.15, -0.1) is 11.3 Å². The molecule has 0 aliphatic carbocycles. The summed E-state index contributed by atoms with van der Waals surface area (Å²) in [4.78, 5) is 1.19. The topological polar surface area (TPSA) is 12.0 Å². The predicted molar refractivity (Wildman–Crippen MR) is 79.4 cm³/mol. The van der Waals surface area contributed by atoms with Gasteiger partial charge in [0.15, 0.2) is 0 Å². The van der Waals surface area contributed by atoms with Crippen molar-refractivity contribution in [2.24, 2.45) is 0 Å². The molecule has 0 saturated heterocycles. The van der Waals surface area contributed by atoms with E-state index >= 15 is 0 Å². The van der Waals surface area contributed by atoms with Gasteiger partial charge < -0.3 is 5.32 Å². The number of nitrogens with one attached hydrogen (secondary N) is 1. The van der Waals surface area contributed by atoms with Crippen LogP contribution in [0.1, 0.15) is 16.5 Å². The molecule has 0 fully saturated rings. The largest absolute Gasteiger partial charge is 0.309 e. The smallest absolute Gasteiger partial charge is 0.0695 e. The zero-order chi connectivity index (χ0) is 12.4. The highest BCUT2D eigenvalue weighted by Gasteiger charge is 2.19. The minimum Gasteiger partial charge on any atom is -0.309 e. The molecule has 1 heterocycles. The molecule has 90 valence electrons. The minimum atomic E-state index is 0.0515. The second-order valence-corrected chi connectivity index (χ2v) is 6.08. The van der Waals surface area contributed by atoms with Crippen molar-refractivity contribution >= 4 is 50.5 Å². The lowest BCUT2D eigenvalue weighted by molar-refractivity contribution is 0.702. The van der Waals surface area contributed by atoms with Gasteiger partial charge in [-0.25, -0.2) is 0 Å². The van der Waals surface area contributed by atoms with Gasteiger partial charge in [-0.2, -0.15) is 0 Å². The number of hydrogen-bond donors (Lipinski definition) is 1. The van der Waals surface area contributed by atoms with E-state index in [1.54, 1.807) is 17.4 Å². The van der Waals surface area contributed by atoms with Crippen LogP contribution in [0, 0.1) is 0 Å². The van der Waals surface area contributed by atoms with Crippen LogP contribution in [0.4, 0.5) is 0 Å². The third-order valence-electron chi connectivity index (χ3n) is 2.49.